The molecule has 1 amide bonds. The van der Waals surface area contributed by atoms with Crippen LogP contribution >= 0.6 is 11.6 Å². The number of fused-ring (bicyclic) bond motifs is 1. The molecule has 0 saturated carbocycles. The van der Waals surface area contributed by atoms with Gasteiger partial charge in [0.25, 0.3) is 5.91 Å². The second-order valence-corrected chi connectivity index (χ2v) is 10.0. The highest BCUT2D eigenvalue weighted by Gasteiger charge is 2.23. The molecule has 6 heteroatoms. The lowest BCUT2D eigenvalue weighted by molar-refractivity contribution is 0.0947. The zero-order valence-corrected chi connectivity index (χ0v) is 21.1. The van der Waals surface area contributed by atoms with Crippen molar-refractivity contribution in [2.24, 2.45) is 0 Å². The number of hydrogen-bond donors (Lipinski definition) is 2. The van der Waals surface area contributed by atoms with E-state index in [1.165, 1.54) is 24.8 Å². The molecule has 1 atom stereocenters. The van der Waals surface area contributed by atoms with Crippen LogP contribution in [0.25, 0.3) is 10.8 Å². The molecule has 5 nitrogen and oxygen atoms in total. The first-order valence-electron chi connectivity index (χ1n) is 12.7. The number of hydrogen-bond acceptors (Lipinski definition) is 3. The van der Waals surface area contributed by atoms with Crippen molar-refractivity contribution in [3.63, 3.8) is 0 Å². The predicted molar refractivity (Wildman–Crippen MR) is 146 cm³/mol. The summed E-state index contributed by atoms with van der Waals surface area (Å²) >= 11 is 5.98. The molecule has 4 aromatic rings. The van der Waals surface area contributed by atoms with E-state index >= 15 is 0 Å². The Balaban J connectivity index is 1.18. The van der Waals surface area contributed by atoms with Crippen LogP contribution in [0.2, 0.25) is 5.02 Å². The van der Waals surface area contributed by atoms with Crippen molar-refractivity contribution in [3.05, 3.63) is 101 Å². The largest absolute Gasteiger partial charge is 0.494 e. The first-order chi connectivity index (χ1) is 17.6. The number of benzene rings is 3. The first kappa shape index (κ1) is 24.4. The number of piperidine rings is 1. The molecule has 1 saturated heterocycles. The second kappa shape index (κ2) is 11.2. The molecule has 1 fully saturated rings. The lowest BCUT2D eigenvalue weighted by Gasteiger charge is -2.36. The molecule has 1 unspecified atom stereocenters. The Morgan fingerprint density at radius 2 is 1.83 bits per heavy atom. The lowest BCUT2D eigenvalue weighted by Crippen LogP contribution is -2.36. The summed E-state index contributed by atoms with van der Waals surface area (Å²) < 4.78 is 1.79. The maximum atomic E-state index is 12.8. The number of carbonyl (C=O) groups is 1. The molecule has 36 heavy (non-hydrogen) atoms. The second-order valence-electron chi connectivity index (χ2n) is 9.58. The number of amides is 1. The highest BCUT2D eigenvalue weighted by molar-refractivity contribution is 6.30. The fourth-order valence-corrected chi connectivity index (χ4v) is 5.32. The van der Waals surface area contributed by atoms with Gasteiger partial charge in [-0.05, 0) is 61.2 Å². The van der Waals surface area contributed by atoms with E-state index in [1.807, 2.05) is 42.6 Å². The molecular formula is C30H32ClN3O2. The summed E-state index contributed by atoms with van der Waals surface area (Å²) in [6, 6.07) is 24.3. The van der Waals surface area contributed by atoms with Gasteiger partial charge in [0.1, 0.15) is 0 Å². The number of likely N-dealkylation sites (tertiary alicyclic amines) is 1. The first-order valence-corrected chi connectivity index (χ1v) is 13.1. The van der Waals surface area contributed by atoms with Gasteiger partial charge in [0.15, 0.2) is 5.88 Å². The van der Waals surface area contributed by atoms with Crippen LogP contribution in [-0.4, -0.2) is 40.1 Å². The van der Waals surface area contributed by atoms with Crippen molar-refractivity contribution < 1.29 is 9.90 Å². The van der Waals surface area contributed by atoms with Crippen molar-refractivity contribution >= 4 is 28.3 Å². The van der Waals surface area contributed by atoms with Gasteiger partial charge in [-0.15, -0.1) is 0 Å². The van der Waals surface area contributed by atoms with Crippen LogP contribution in [0.5, 0.6) is 5.88 Å². The Hall–Kier alpha value is -3.28. The molecule has 186 valence electrons. The van der Waals surface area contributed by atoms with E-state index < -0.39 is 0 Å². The van der Waals surface area contributed by atoms with Gasteiger partial charge in [0.05, 0.1) is 6.54 Å². The van der Waals surface area contributed by atoms with Gasteiger partial charge < -0.3 is 15.0 Å². The fourth-order valence-electron chi connectivity index (χ4n) is 5.19. The standard InChI is InChI=1S/C30H32ClN3O2/c31-26-14-10-22(11-15-26)20-34-21-25-13-12-24(19-27(25)30(34)36)29(35)32-16-6-18-33-17-5-4-9-28(33)23-7-2-1-3-8-23/h1-3,7-8,10-15,19,21,28,36H,4-6,9,16-18,20H2,(H,32,35). The normalized spacial score (nSPS) is 16.3. The third-order valence-electron chi connectivity index (χ3n) is 7.10. The van der Waals surface area contributed by atoms with Gasteiger partial charge in [0.2, 0.25) is 0 Å². The number of halogens is 1. The fraction of sp³-hybridized carbons (Fsp3) is 0.300. The van der Waals surface area contributed by atoms with Crippen molar-refractivity contribution in [2.45, 2.75) is 38.3 Å². The highest BCUT2D eigenvalue weighted by atomic mass is 35.5. The summed E-state index contributed by atoms with van der Waals surface area (Å²) in [6.07, 6.45) is 6.50. The molecule has 2 heterocycles. The van der Waals surface area contributed by atoms with E-state index in [4.69, 9.17) is 11.6 Å². The average molecular weight is 502 g/mol. The molecule has 5 rings (SSSR count). The van der Waals surface area contributed by atoms with Gasteiger partial charge >= 0.3 is 0 Å². The Morgan fingerprint density at radius 3 is 2.64 bits per heavy atom. The van der Waals surface area contributed by atoms with Crippen molar-refractivity contribution in [1.29, 1.82) is 0 Å². The van der Waals surface area contributed by atoms with Crippen LogP contribution in [-0.2, 0) is 6.54 Å². The van der Waals surface area contributed by atoms with Crippen molar-refractivity contribution in [2.75, 3.05) is 19.6 Å². The Morgan fingerprint density at radius 1 is 1.03 bits per heavy atom. The van der Waals surface area contributed by atoms with Crippen LogP contribution < -0.4 is 5.32 Å². The van der Waals surface area contributed by atoms with Crippen molar-refractivity contribution in [3.8, 4) is 5.88 Å². The quantitative estimate of drug-likeness (QED) is 0.275. The van der Waals surface area contributed by atoms with Gasteiger partial charge in [-0.2, -0.15) is 0 Å². The third kappa shape index (κ3) is 5.58. The van der Waals surface area contributed by atoms with Crippen molar-refractivity contribution in [1.82, 2.24) is 14.8 Å². The van der Waals surface area contributed by atoms with E-state index in [0.29, 0.717) is 35.1 Å². The van der Waals surface area contributed by atoms with Gasteiger partial charge in [-0.25, -0.2) is 0 Å². The third-order valence-corrected chi connectivity index (χ3v) is 7.35. The monoisotopic (exact) mass is 501 g/mol. The van der Waals surface area contributed by atoms with E-state index in [-0.39, 0.29) is 11.8 Å². The molecule has 0 radical (unpaired) electrons. The topological polar surface area (TPSA) is 57.5 Å². The van der Waals surface area contributed by atoms with E-state index in [1.54, 1.807) is 10.6 Å². The number of nitrogens with zero attached hydrogens (tertiary/aromatic N) is 2. The minimum absolute atomic E-state index is 0.111. The summed E-state index contributed by atoms with van der Waals surface area (Å²) in [5.74, 6) is 0.0478. The molecule has 2 N–H and O–H groups in total. The minimum Gasteiger partial charge on any atom is -0.494 e. The van der Waals surface area contributed by atoms with Crippen LogP contribution in [0.3, 0.4) is 0 Å². The van der Waals surface area contributed by atoms with Crippen LogP contribution in [0.4, 0.5) is 0 Å². The molecule has 0 spiro atoms. The summed E-state index contributed by atoms with van der Waals surface area (Å²) in [5, 5.41) is 16.1. The van der Waals surface area contributed by atoms with E-state index in [2.05, 4.69) is 40.5 Å². The molecular weight excluding hydrogens is 470 g/mol. The maximum Gasteiger partial charge on any atom is 0.251 e. The summed E-state index contributed by atoms with van der Waals surface area (Å²) in [6.45, 7) is 3.22. The summed E-state index contributed by atoms with van der Waals surface area (Å²) in [5.41, 5.74) is 2.98. The number of aromatic hydroxyl groups is 1. The van der Waals surface area contributed by atoms with Gasteiger partial charge in [-0.1, -0.05) is 66.6 Å². The molecule has 1 aliphatic rings. The Bertz CT molecular complexity index is 1320. The van der Waals surface area contributed by atoms with Gasteiger partial charge in [-0.3, -0.25) is 9.69 Å². The molecule has 0 bridgehead atoms. The smallest absolute Gasteiger partial charge is 0.251 e. The van der Waals surface area contributed by atoms with Crippen LogP contribution in [0, 0.1) is 0 Å². The van der Waals surface area contributed by atoms with E-state index in [9.17, 15) is 9.90 Å². The average Bonchev–Trinajstić information content (AvgIpc) is 3.22. The molecule has 1 aliphatic heterocycles. The number of carbonyl (C=O) groups excluding carboxylic acids is 1. The predicted octanol–water partition coefficient (Wildman–Crippen LogP) is 6.40. The minimum atomic E-state index is -0.111. The van der Waals surface area contributed by atoms with E-state index in [0.717, 1.165) is 30.5 Å². The highest BCUT2D eigenvalue weighted by Crippen LogP contribution is 2.31. The SMILES string of the molecule is O=C(NCCCN1CCCCC1c1ccccc1)c1ccc2cn(Cc3ccc(Cl)cc3)c(O)c2c1. The number of aromatic nitrogens is 1. The zero-order valence-electron chi connectivity index (χ0n) is 20.4. The Kier molecular flexibility index (Phi) is 7.59. The van der Waals surface area contributed by atoms with Crippen LogP contribution in [0.15, 0.2) is 79.0 Å². The summed E-state index contributed by atoms with van der Waals surface area (Å²) in [4.78, 5) is 15.4. The lowest BCUT2D eigenvalue weighted by atomic mass is 9.95. The summed E-state index contributed by atoms with van der Waals surface area (Å²) in [7, 11) is 0. The molecule has 1 aromatic heterocycles. The zero-order chi connectivity index (χ0) is 24.9. The number of nitrogens with one attached hydrogen (secondary N) is 1. The van der Waals surface area contributed by atoms with Crippen LogP contribution in [0.1, 0.15) is 53.2 Å². The molecule has 3 aromatic carbocycles. The molecule has 0 aliphatic carbocycles. The van der Waals surface area contributed by atoms with Gasteiger partial charge in [0, 0.05) is 46.7 Å². The number of rotatable bonds is 8. The Labute approximate surface area is 217 Å². The maximum absolute atomic E-state index is 12.8.